The van der Waals surface area contributed by atoms with E-state index in [9.17, 15) is 20.4 Å². The molecule has 1 aromatic heterocycles. The molecule has 0 saturated carbocycles. The van der Waals surface area contributed by atoms with Gasteiger partial charge in [0.05, 0.1) is 12.1 Å². The van der Waals surface area contributed by atoms with Crippen LogP contribution in [0.25, 0.3) is 21.7 Å². The van der Waals surface area contributed by atoms with Crippen molar-refractivity contribution in [2.45, 2.75) is 50.9 Å². The van der Waals surface area contributed by atoms with Crippen molar-refractivity contribution in [1.29, 1.82) is 0 Å². The van der Waals surface area contributed by atoms with Crippen molar-refractivity contribution < 1.29 is 29.6 Å². The van der Waals surface area contributed by atoms with Gasteiger partial charge in [0.15, 0.2) is 6.23 Å². The van der Waals surface area contributed by atoms with Crippen LogP contribution in [0.3, 0.4) is 0 Å². The van der Waals surface area contributed by atoms with Crippen molar-refractivity contribution in [2.24, 2.45) is 0 Å². The van der Waals surface area contributed by atoms with Crippen molar-refractivity contribution in [1.82, 2.24) is 4.57 Å². The zero-order chi connectivity index (χ0) is 24.1. The Morgan fingerprint density at radius 3 is 2.41 bits per heavy atom. The minimum Gasteiger partial charge on any atom is -0.394 e. The molecule has 1 fully saturated rings. The molecule has 0 radical (unpaired) electrons. The summed E-state index contributed by atoms with van der Waals surface area (Å²) in [7, 11) is 0. The molecule has 1 saturated heterocycles. The number of rotatable bonds is 4. The molecule has 34 heavy (non-hydrogen) atoms. The average molecular weight is 466 g/mol. The number of hydrogen-bond acceptors (Lipinski definition) is 5. The van der Waals surface area contributed by atoms with Gasteiger partial charge in [0.2, 0.25) is 0 Å². The fourth-order valence-corrected chi connectivity index (χ4v) is 5.00. The van der Waals surface area contributed by atoms with Crippen LogP contribution in [0.4, 0.5) is 4.39 Å². The summed E-state index contributed by atoms with van der Waals surface area (Å²) in [4.78, 5) is 0. The van der Waals surface area contributed by atoms with Crippen molar-refractivity contribution in [3.63, 3.8) is 0 Å². The lowest BCUT2D eigenvalue weighted by atomic mass is 9.98. The molecule has 178 valence electrons. The van der Waals surface area contributed by atoms with E-state index in [1.165, 1.54) is 11.6 Å². The van der Waals surface area contributed by atoms with Crippen LogP contribution in [0.1, 0.15) is 28.5 Å². The van der Waals surface area contributed by atoms with E-state index >= 15 is 4.39 Å². The Labute approximate surface area is 196 Å². The predicted octanol–water partition coefficient (Wildman–Crippen LogP) is 3.11. The van der Waals surface area contributed by atoms with E-state index in [2.05, 4.69) is 30.3 Å². The quantitative estimate of drug-likeness (QED) is 0.372. The maximum Gasteiger partial charge on any atom is 0.163 e. The summed E-state index contributed by atoms with van der Waals surface area (Å²) in [5.74, 6) is -0.393. The van der Waals surface area contributed by atoms with E-state index in [0.717, 1.165) is 21.9 Å². The average Bonchev–Trinajstić information content (AvgIpc) is 3.20. The number of aliphatic hydroxyl groups is 4. The summed E-state index contributed by atoms with van der Waals surface area (Å²) in [5, 5.41) is 43.4. The molecular weight excluding hydrogens is 437 g/mol. The number of nitrogens with zero attached hydrogens (tertiary/aromatic N) is 1. The van der Waals surface area contributed by atoms with Crippen LogP contribution in [0.2, 0.25) is 0 Å². The highest BCUT2D eigenvalue weighted by molar-refractivity contribution is 5.88. The Morgan fingerprint density at radius 1 is 0.912 bits per heavy atom. The monoisotopic (exact) mass is 465 g/mol. The normalized spacial score (nSPS) is 25.3. The van der Waals surface area contributed by atoms with Crippen LogP contribution in [0.15, 0.2) is 54.7 Å². The lowest BCUT2D eigenvalue weighted by Crippen LogP contribution is -2.56. The predicted molar refractivity (Wildman–Crippen MR) is 127 cm³/mol. The second-order valence-electron chi connectivity index (χ2n) is 9.23. The molecule has 4 aromatic rings. The summed E-state index contributed by atoms with van der Waals surface area (Å²) < 4.78 is 22.5. The first kappa shape index (κ1) is 23.0. The number of aryl methyl sites for hydroxylation is 2. The van der Waals surface area contributed by atoms with Crippen LogP contribution in [0, 0.1) is 19.7 Å². The molecule has 0 unspecified atom stereocenters. The lowest BCUT2D eigenvalue weighted by Gasteiger charge is -2.40. The maximum atomic E-state index is 15.1. The van der Waals surface area contributed by atoms with E-state index in [1.807, 2.05) is 19.9 Å². The second kappa shape index (κ2) is 8.76. The van der Waals surface area contributed by atoms with Crippen LogP contribution >= 0.6 is 0 Å². The molecule has 7 heteroatoms. The van der Waals surface area contributed by atoms with Crippen molar-refractivity contribution in [3.05, 3.63) is 82.8 Å². The van der Waals surface area contributed by atoms with Crippen molar-refractivity contribution in [3.8, 4) is 0 Å². The molecule has 0 amide bonds. The Balaban J connectivity index is 1.61. The summed E-state index contributed by atoms with van der Waals surface area (Å²) in [5.41, 5.74) is 4.20. The smallest absolute Gasteiger partial charge is 0.163 e. The first-order valence-electron chi connectivity index (χ1n) is 11.4. The summed E-state index contributed by atoms with van der Waals surface area (Å²) >= 11 is 0. The van der Waals surface area contributed by atoms with Crippen molar-refractivity contribution >= 4 is 21.7 Å². The number of ether oxygens (including phenoxy) is 1. The van der Waals surface area contributed by atoms with Gasteiger partial charge < -0.3 is 29.7 Å². The van der Waals surface area contributed by atoms with E-state index in [4.69, 9.17) is 4.74 Å². The zero-order valence-corrected chi connectivity index (χ0v) is 19.0. The Hall–Kier alpha value is -2.81. The van der Waals surface area contributed by atoms with E-state index in [1.54, 1.807) is 16.8 Å². The van der Waals surface area contributed by atoms with E-state index in [0.29, 0.717) is 22.9 Å². The Morgan fingerprint density at radius 2 is 1.65 bits per heavy atom. The molecule has 5 atom stereocenters. The van der Waals surface area contributed by atoms with Gasteiger partial charge in [0.1, 0.15) is 30.2 Å². The third-order valence-corrected chi connectivity index (χ3v) is 6.80. The molecule has 1 aliphatic heterocycles. The fourth-order valence-electron chi connectivity index (χ4n) is 5.00. The molecule has 5 rings (SSSR count). The minimum atomic E-state index is -1.52. The fraction of sp³-hybridized carbons (Fsp3) is 0.333. The van der Waals surface area contributed by atoms with Gasteiger partial charge >= 0.3 is 0 Å². The summed E-state index contributed by atoms with van der Waals surface area (Å²) in [6, 6.07) is 15.5. The van der Waals surface area contributed by atoms with Crippen LogP contribution in [-0.4, -0.2) is 56.0 Å². The SMILES string of the molecule is Cc1ccc2cc(Cc3cn([C@@H]4O[C@H](CO)[C@@H](O)[C@H](O)[C@H]4O)c4c(C)ccc(F)c34)ccc2c1. The first-order chi connectivity index (χ1) is 16.3. The topological polar surface area (TPSA) is 95.1 Å². The standard InChI is InChI=1S/C27H28FNO5/c1-14-3-6-18-10-16(5-7-17(18)9-14)11-19-12-29(23-15(2)4-8-20(28)22(19)23)27-26(33)25(32)24(31)21(13-30)34-27/h3-10,12,21,24-27,30-33H,11,13H2,1-2H3/t21-,24-,25+,26-,27-/m1/s1. The van der Waals surface area contributed by atoms with Gasteiger partial charge in [-0.1, -0.05) is 48.0 Å². The molecule has 6 nitrogen and oxygen atoms in total. The van der Waals surface area contributed by atoms with Gasteiger partial charge in [-0.3, -0.25) is 0 Å². The Kier molecular flexibility index (Phi) is 5.91. The summed E-state index contributed by atoms with van der Waals surface area (Å²) in [6.45, 7) is 3.36. The second-order valence-corrected chi connectivity index (χ2v) is 9.23. The lowest BCUT2D eigenvalue weighted by molar-refractivity contribution is -0.250. The first-order valence-corrected chi connectivity index (χ1v) is 11.4. The minimum absolute atomic E-state index is 0.393. The molecule has 3 aromatic carbocycles. The van der Waals surface area contributed by atoms with Gasteiger partial charge in [0, 0.05) is 11.6 Å². The number of hydrogen-bond donors (Lipinski definition) is 4. The van der Waals surface area contributed by atoms with Crippen molar-refractivity contribution in [2.75, 3.05) is 6.61 Å². The molecule has 0 spiro atoms. The largest absolute Gasteiger partial charge is 0.394 e. The third-order valence-electron chi connectivity index (χ3n) is 6.80. The molecular formula is C27H28FNO5. The molecule has 1 aliphatic rings. The number of aromatic nitrogens is 1. The highest BCUT2D eigenvalue weighted by Crippen LogP contribution is 2.36. The van der Waals surface area contributed by atoms with Gasteiger partial charge in [-0.2, -0.15) is 0 Å². The Bertz CT molecular complexity index is 1360. The molecule has 0 bridgehead atoms. The van der Waals surface area contributed by atoms with Crippen LogP contribution in [0.5, 0.6) is 0 Å². The zero-order valence-electron chi connectivity index (χ0n) is 19.0. The maximum absolute atomic E-state index is 15.1. The van der Waals surface area contributed by atoms with Gasteiger partial charge in [0.25, 0.3) is 0 Å². The number of benzene rings is 3. The van der Waals surface area contributed by atoms with Gasteiger partial charge in [-0.05, 0) is 53.8 Å². The summed E-state index contributed by atoms with van der Waals surface area (Å²) in [6.07, 6.45) is -4.43. The molecule has 0 aliphatic carbocycles. The highest BCUT2D eigenvalue weighted by atomic mass is 19.1. The number of fused-ring (bicyclic) bond motifs is 2. The number of halogens is 1. The highest BCUT2D eigenvalue weighted by Gasteiger charge is 2.44. The third kappa shape index (κ3) is 3.79. The van der Waals surface area contributed by atoms with E-state index in [-0.39, 0.29) is 0 Å². The number of aliphatic hydroxyl groups excluding tert-OH is 4. The van der Waals surface area contributed by atoms with E-state index < -0.39 is 43.1 Å². The molecule has 2 heterocycles. The van der Waals surface area contributed by atoms with Gasteiger partial charge in [-0.15, -0.1) is 0 Å². The van der Waals surface area contributed by atoms with Crippen LogP contribution < -0.4 is 0 Å². The van der Waals surface area contributed by atoms with Gasteiger partial charge in [-0.25, -0.2) is 4.39 Å². The van der Waals surface area contributed by atoms with Crippen LogP contribution in [-0.2, 0) is 11.2 Å². The molecule has 4 N–H and O–H groups in total.